The molecule has 4 nitrogen and oxygen atoms in total. The van der Waals surface area contributed by atoms with E-state index in [0.717, 1.165) is 27.8 Å². The third-order valence-electron chi connectivity index (χ3n) is 5.33. The number of rotatable bonds is 3. The Morgan fingerprint density at radius 1 is 1.08 bits per heavy atom. The molecular formula is C21H22N2O2. The van der Waals surface area contributed by atoms with Crippen molar-refractivity contribution in [2.45, 2.75) is 38.0 Å². The monoisotopic (exact) mass is 334 g/mol. The van der Waals surface area contributed by atoms with E-state index < -0.39 is 5.97 Å². The Kier molecular flexibility index (Phi) is 3.96. The molecule has 0 atom stereocenters. The maximum Gasteiger partial charge on any atom is 0.335 e. The lowest BCUT2D eigenvalue weighted by atomic mass is 9.81. The van der Waals surface area contributed by atoms with Crippen molar-refractivity contribution in [1.29, 1.82) is 0 Å². The number of hydrogen-bond donors (Lipinski definition) is 3. The normalized spacial score (nSPS) is 15.5. The highest BCUT2D eigenvalue weighted by Gasteiger charge is 2.24. The van der Waals surface area contributed by atoms with Crippen molar-refractivity contribution in [3.05, 3.63) is 53.6 Å². The summed E-state index contributed by atoms with van der Waals surface area (Å²) in [6, 6.07) is 13.2. The zero-order chi connectivity index (χ0) is 17.4. The standard InChI is InChI=1S/C21H22N2O2/c22-17-9-5-4-8-15(17)20-19(13-6-2-1-3-7-13)16-11-10-14(21(24)25)12-18(16)23-20/h4-5,8-13,23H,1-3,6-7,22H2,(H,24,25). The maximum atomic E-state index is 11.3. The van der Waals surface area contributed by atoms with Crippen molar-refractivity contribution in [3.63, 3.8) is 0 Å². The van der Waals surface area contributed by atoms with Crippen molar-refractivity contribution in [1.82, 2.24) is 4.98 Å². The molecule has 4 rings (SSSR count). The van der Waals surface area contributed by atoms with Gasteiger partial charge in [0.2, 0.25) is 0 Å². The quantitative estimate of drug-likeness (QED) is 0.579. The molecule has 3 aromatic rings. The first-order valence-corrected chi connectivity index (χ1v) is 8.89. The van der Waals surface area contributed by atoms with Gasteiger partial charge < -0.3 is 15.8 Å². The third kappa shape index (κ3) is 2.78. The lowest BCUT2D eigenvalue weighted by Gasteiger charge is -2.23. The summed E-state index contributed by atoms with van der Waals surface area (Å²) < 4.78 is 0. The Labute approximate surface area is 146 Å². The number of anilines is 1. The molecular weight excluding hydrogens is 312 g/mol. The minimum Gasteiger partial charge on any atom is -0.478 e. The molecule has 4 heteroatoms. The van der Waals surface area contributed by atoms with Crippen LogP contribution in [0.5, 0.6) is 0 Å². The number of aromatic nitrogens is 1. The molecule has 0 unspecified atom stereocenters. The van der Waals surface area contributed by atoms with E-state index in [1.165, 1.54) is 37.7 Å². The van der Waals surface area contributed by atoms with Crippen molar-refractivity contribution in [2.75, 3.05) is 5.73 Å². The lowest BCUT2D eigenvalue weighted by molar-refractivity contribution is 0.0697. The van der Waals surface area contributed by atoms with Gasteiger partial charge in [0.1, 0.15) is 0 Å². The molecule has 0 spiro atoms. The Bertz CT molecular complexity index is 936. The van der Waals surface area contributed by atoms with E-state index >= 15 is 0 Å². The van der Waals surface area contributed by atoms with Gasteiger partial charge >= 0.3 is 5.97 Å². The maximum absolute atomic E-state index is 11.3. The fraction of sp³-hybridized carbons (Fsp3) is 0.286. The summed E-state index contributed by atoms with van der Waals surface area (Å²) in [5.74, 6) is -0.413. The van der Waals surface area contributed by atoms with Gasteiger partial charge in [-0.3, -0.25) is 0 Å². The van der Waals surface area contributed by atoms with Gasteiger partial charge in [0.15, 0.2) is 0 Å². The van der Waals surface area contributed by atoms with Gasteiger partial charge in [-0.05, 0) is 42.5 Å². The van der Waals surface area contributed by atoms with Crippen molar-refractivity contribution >= 4 is 22.6 Å². The van der Waals surface area contributed by atoms with E-state index in [1.54, 1.807) is 12.1 Å². The van der Waals surface area contributed by atoms with Crippen LogP contribution in [-0.4, -0.2) is 16.1 Å². The predicted molar refractivity (Wildman–Crippen MR) is 101 cm³/mol. The third-order valence-corrected chi connectivity index (χ3v) is 5.33. The number of fused-ring (bicyclic) bond motifs is 1. The highest BCUT2D eigenvalue weighted by molar-refractivity contribution is 5.98. The molecule has 128 valence electrons. The number of carboxylic acid groups (broad SMARTS) is 1. The summed E-state index contributed by atoms with van der Waals surface area (Å²) in [7, 11) is 0. The second-order valence-electron chi connectivity index (χ2n) is 6.90. The van der Waals surface area contributed by atoms with Gasteiger partial charge in [0.25, 0.3) is 0 Å². The van der Waals surface area contributed by atoms with Crippen LogP contribution in [0.1, 0.15) is 53.9 Å². The molecule has 1 heterocycles. The van der Waals surface area contributed by atoms with E-state index in [1.807, 2.05) is 30.3 Å². The zero-order valence-corrected chi connectivity index (χ0v) is 14.1. The van der Waals surface area contributed by atoms with E-state index in [9.17, 15) is 9.90 Å². The molecule has 2 aromatic carbocycles. The molecule has 25 heavy (non-hydrogen) atoms. The number of para-hydroxylation sites is 1. The van der Waals surface area contributed by atoms with Crippen LogP contribution in [0.3, 0.4) is 0 Å². The zero-order valence-electron chi connectivity index (χ0n) is 14.1. The van der Waals surface area contributed by atoms with Gasteiger partial charge in [-0.25, -0.2) is 4.79 Å². The van der Waals surface area contributed by atoms with Gasteiger partial charge in [-0.15, -0.1) is 0 Å². The number of carbonyl (C=O) groups is 1. The first kappa shape index (κ1) is 15.8. The summed E-state index contributed by atoms with van der Waals surface area (Å²) in [6.07, 6.45) is 6.13. The Hall–Kier alpha value is -2.75. The number of nitrogen functional groups attached to an aromatic ring is 1. The Balaban J connectivity index is 1.96. The van der Waals surface area contributed by atoms with Crippen LogP contribution < -0.4 is 5.73 Å². The molecule has 0 bridgehead atoms. The molecule has 1 aromatic heterocycles. The van der Waals surface area contributed by atoms with Crippen LogP contribution in [0.25, 0.3) is 22.2 Å². The number of nitrogens with one attached hydrogen (secondary N) is 1. The van der Waals surface area contributed by atoms with Crippen molar-refractivity contribution in [3.8, 4) is 11.3 Å². The molecule has 0 aliphatic heterocycles. The Morgan fingerprint density at radius 3 is 2.56 bits per heavy atom. The van der Waals surface area contributed by atoms with E-state index in [-0.39, 0.29) is 0 Å². The first-order chi connectivity index (χ1) is 12.1. The second-order valence-corrected chi connectivity index (χ2v) is 6.90. The minimum atomic E-state index is -0.906. The largest absolute Gasteiger partial charge is 0.478 e. The molecule has 0 saturated heterocycles. The second kappa shape index (κ2) is 6.28. The molecule has 1 saturated carbocycles. The van der Waals surface area contributed by atoms with Crippen molar-refractivity contribution < 1.29 is 9.90 Å². The number of hydrogen-bond acceptors (Lipinski definition) is 2. The Morgan fingerprint density at radius 2 is 1.84 bits per heavy atom. The topological polar surface area (TPSA) is 79.1 Å². The van der Waals surface area contributed by atoms with Gasteiger partial charge in [0, 0.05) is 22.2 Å². The van der Waals surface area contributed by atoms with Crippen LogP contribution in [-0.2, 0) is 0 Å². The highest BCUT2D eigenvalue weighted by Crippen LogP contribution is 2.43. The van der Waals surface area contributed by atoms with Crippen molar-refractivity contribution in [2.24, 2.45) is 0 Å². The molecule has 1 aliphatic carbocycles. The number of aromatic amines is 1. The summed E-state index contributed by atoms with van der Waals surface area (Å²) in [6.45, 7) is 0. The van der Waals surface area contributed by atoms with Gasteiger partial charge in [0.05, 0.1) is 11.3 Å². The molecule has 4 N–H and O–H groups in total. The highest BCUT2D eigenvalue weighted by atomic mass is 16.4. The van der Waals surface area contributed by atoms with Crippen LogP contribution in [0.2, 0.25) is 0 Å². The smallest absolute Gasteiger partial charge is 0.335 e. The van der Waals surface area contributed by atoms with E-state index in [0.29, 0.717) is 11.5 Å². The summed E-state index contributed by atoms with van der Waals surface area (Å²) in [5.41, 5.74) is 11.5. The van der Waals surface area contributed by atoms with E-state index in [2.05, 4.69) is 4.98 Å². The number of carboxylic acids is 1. The van der Waals surface area contributed by atoms with Crippen LogP contribution in [0.15, 0.2) is 42.5 Å². The molecule has 0 amide bonds. The minimum absolute atomic E-state index is 0.302. The number of H-pyrrole nitrogens is 1. The molecule has 1 aliphatic rings. The number of nitrogens with two attached hydrogens (primary N) is 1. The van der Waals surface area contributed by atoms with E-state index in [4.69, 9.17) is 5.73 Å². The lowest BCUT2D eigenvalue weighted by Crippen LogP contribution is -2.06. The van der Waals surface area contributed by atoms with Crippen LogP contribution in [0, 0.1) is 0 Å². The fourth-order valence-corrected chi connectivity index (χ4v) is 4.10. The average Bonchev–Trinajstić information content (AvgIpc) is 3.01. The molecule has 0 radical (unpaired) electrons. The summed E-state index contributed by atoms with van der Waals surface area (Å²) >= 11 is 0. The van der Waals surface area contributed by atoms with Crippen LogP contribution in [0.4, 0.5) is 5.69 Å². The summed E-state index contributed by atoms with van der Waals surface area (Å²) in [4.78, 5) is 14.8. The average molecular weight is 334 g/mol. The predicted octanol–water partition coefficient (Wildman–Crippen LogP) is 5.16. The summed E-state index contributed by atoms with van der Waals surface area (Å²) in [5, 5.41) is 10.4. The fourth-order valence-electron chi connectivity index (χ4n) is 4.10. The number of aromatic carboxylic acids is 1. The van der Waals surface area contributed by atoms with Gasteiger partial charge in [-0.1, -0.05) is 43.5 Å². The molecule has 1 fully saturated rings. The van der Waals surface area contributed by atoms with Crippen LogP contribution >= 0.6 is 0 Å². The SMILES string of the molecule is Nc1ccccc1-c1[nH]c2cc(C(=O)O)ccc2c1C1CCCCC1. The van der Waals surface area contributed by atoms with Gasteiger partial charge in [-0.2, -0.15) is 0 Å². The first-order valence-electron chi connectivity index (χ1n) is 8.89. The number of benzene rings is 2.